The predicted octanol–water partition coefficient (Wildman–Crippen LogP) is 1.39. The highest BCUT2D eigenvalue weighted by Gasteiger charge is 2.13. The maximum absolute atomic E-state index is 11.4. The highest BCUT2D eigenvalue weighted by Crippen LogP contribution is 2.23. The van der Waals surface area contributed by atoms with Crippen LogP contribution in [0.1, 0.15) is 5.82 Å². The lowest BCUT2D eigenvalue weighted by Gasteiger charge is -2.06. The van der Waals surface area contributed by atoms with E-state index in [2.05, 4.69) is 9.97 Å². The Kier molecular flexibility index (Phi) is 3.10. The van der Waals surface area contributed by atoms with Gasteiger partial charge in [0, 0.05) is 12.3 Å². The number of nitro groups is 1. The number of anilines is 1. The normalized spacial score (nSPS) is 10.9. The smallest absolute Gasteiger partial charge is 0.332 e. The van der Waals surface area contributed by atoms with E-state index in [9.17, 15) is 14.9 Å². The van der Waals surface area contributed by atoms with Crippen molar-refractivity contribution >= 4 is 33.1 Å². The van der Waals surface area contributed by atoms with E-state index in [0.29, 0.717) is 11.6 Å². The van der Waals surface area contributed by atoms with Crippen molar-refractivity contribution in [3.05, 3.63) is 56.1 Å². The summed E-state index contributed by atoms with van der Waals surface area (Å²) in [7, 11) is 0. The molecule has 21 heavy (non-hydrogen) atoms. The minimum absolute atomic E-state index is 0.194. The molecule has 0 saturated carbocycles. The van der Waals surface area contributed by atoms with Gasteiger partial charge in [0.1, 0.15) is 10.6 Å². The van der Waals surface area contributed by atoms with Crippen LogP contribution in [0.5, 0.6) is 0 Å². The number of nitrogens with two attached hydrogens (primary N) is 1. The molecular formula is C12H9N5O3S. The number of pyridine rings is 1. The van der Waals surface area contributed by atoms with Gasteiger partial charge in [0.25, 0.3) is 5.43 Å². The van der Waals surface area contributed by atoms with E-state index in [1.165, 1.54) is 28.3 Å². The third-order valence-electron chi connectivity index (χ3n) is 2.88. The SMILES string of the molecule is Nc1nc(Cn2ccc(=O)c([N+](=O)[O-])c2)nc2sccc12. The van der Waals surface area contributed by atoms with Crippen molar-refractivity contribution in [3.8, 4) is 0 Å². The third-order valence-corrected chi connectivity index (χ3v) is 3.69. The first kappa shape index (κ1) is 13.2. The summed E-state index contributed by atoms with van der Waals surface area (Å²) in [6.07, 6.45) is 2.62. The lowest BCUT2D eigenvalue weighted by atomic mass is 10.3. The fraction of sp³-hybridized carbons (Fsp3) is 0.0833. The van der Waals surface area contributed by atoms with Crippen LogP contribution >= 0.6 is 11.3 Å². The molecule has 0 unspecified atom stereocenters. The van der Waals surface area contributed by atoms with Gasteiger partial charge in [0.2, 0.25) is 0 Å². The molecule has 0 aromatic carbocycles. The summed E-state index contributed by atoms with van der Waals surface area (Å²) >= 11 is 1.44. The monoisotopic (exact) mass is 303 g/mol. The Balaban J connectivity index is 2.00. The molecule has 0 saturated heterocycles. The largest absolute Gasteiger partial charge is 0.383 e. The number of nitrogens with zero attached hydrogens (tertiary/aromatic N) is 4. The molecule has 3 rings (SSSR count). The maximum Gasteiger partial charge on any atom is 0.332 e. The molecule has 0 aliphatic carbocycles. The quantitative estimate of drug-likeness (QED) is 0.577. The standard InChI is InChI=1S/C12H9N5O3S/c13-11-7-2-4-21-12(7)15-10(14-11)6-16-3-1-9(18)8(5-16)17(19)20/h1-5H,6H2,(H2,13,14,15). The Bertz CT molecular complexity index is 901. The minimum Gasteiger partial charge on any atom is -0.383 e. The van der Waals surface area contributed by atoms with E-state index in [1.54, 1.807) is 0 Å². The summed E-state index contributed by atoms with van der Waals surface area (Å²) in [5, 5.41) is 13.4. The van der Waals surface area contributed by atoms with Gasteiger partial charge in [-0.2, -0.15) is 0 Å². The van der Waals surface area contributed by atoms with E-state index in [0.717, 1.165) is 16.3 Å². The van der Waals surface area contributed by atoms with Gasteiger partial charge < -0.3 is 10.3 Å². The van der Waals surface area contributed by atoms with E-state index in [1.807, 2.05) is 11.4 Å². The number of aromatic nitrogens is 3. The minimum atomic E-state index is -0.712. The average Bonchev–Trinajstić information content (AvgIpc) is 2.89. The van der Waals surface area contributed by atoms with Crippen molar-refractivity contribution < 1.29 is 4.92 Å². The zero-order valence-corrected chi connectivity index (χ0v) is 11.4. The van der Waals surface area contributed by atoms with Crippen molar-refractivity contribution in [1.82, 2.24) is 14.5 Å². The zero-order valence-electron chi connectivity index (χ0n) is 10.6. The summed E-state index contributed by atoms with van der Waals surface area (Å²) in [6, 6.07) is 2.98. The first-order valence-electron chi connectivity index (χ1n) is 5.88. The molecule has 2 N–H and O–H groups in total. The van der Waals surface area contributed by atoms with E-state index < -0.39 is 16.0 Å². The highest BCUT2D eigenvalue weighted by molar-refractivity contribution is 7.16. The van der Waals surface area contributed by atoms with Gasteiger partial charge in [0.15, 0.2) is 5.82 Å². The predicted molar refractivity (Wildman–Crippen MR) is 78.3 cm³/mol. The topological polar surface area (TPSA) is 117 Å². The van der Waals surface area contributed by atoms with Crippen LogP contribution in [-0.2, 0) is 6.54 Å². The van der Waals surface area contributed by atoms with Crippen LogP contribution in [0.25, 0.3) is 10.2 Å². The van der Waals surface area contributed by atoms with Gasteiger partial charge in [-0.25, -0.2) is 9.97 Å². The Morgan fingerprint density at radius 1 is 1.38 bits per heavy atom. The summed E-state index contributed by atoms with van der Waals surface area (Å²) in [5.41, 5.74) is 4.73. The highest BCUT2D eigenvalue weighted by atomic mass is 32.1. The Morgan fingerprint density at radius 3 is 2.95 bits per heavy atom. The van der Waals surface area contributed by atoms with Crippen molar-refractivity contribution in [2.75, 3.05) is 5.73 Å². The number of rotatable bonds is 3. The number of fused-ring (bicyclic) bond motifs is 1. The molecule has 0 aliphatic rings. The second kappa shape index (κ2) is 4.94. The maximum atomic E-state index is 11.4. The second-order valence-electron chi connectivity index (χ2n) is 4.29. The molecule has 3 aromatic rings. The van der Waals surface area contributed by atoms with Crippen LogP contribution in [0.4, 0.5) is 11.5 Å². The first-order chi connectivity index (χ1) is 10.0. The number of thiophene rings is 1. The summed E-state index contributed by atoms with van der Waals surface area (Å²) in [4.78, 5) is 30.7. The molecule has 0 bridgehead atoms. The second-order valence-corrected chi connectivity index (χ2v) is 5.18. The third kappa shape index (κ3) is 2.46. The van der Waals surface area contributed by atoms with Crippen LogP contribution in [-0.4, -0.2) is 19.5 Å². The summed E-state index contributed by atoms with van der Waals surface area (Å²) in [5.74, 6) is 0.798. The molecule has 0 fully saturated rings. The molecule has 0 amide bonds. The zero-order chi connectivity index (χ0) is 15.0. The Morgan fingerprint density at radius 2 is 2.19 bits per heavy atom. The molecule has 0 spiro atoms. The van der Waals surface area contributed by atoms with Gasteiger partial charge in [0.05, 0.1) is 23.1 Å². The van der Waals surface area contributed by atoms with E-state index in [-0.39, 0.29) is 6.54 Å². The molecule has 3 aromatic heterocycles. The van der Waals surface area contributed by atoms with E-state index >= 15 is 0 Å². The molecule has 8 nitrogen and oxygen atoms in total. The van der Waals surface area contributed by atoms with Crippen molar-refractivity contribution in [1.29, 1.82) is 0 Å². The molecule has 9 heteroatoms. The van der Waals surface area contributed by atoms with Gasteiger partial charge >= 0.3 is 5.69 Å². The number of hydrogen-bond acceptors (Lipinski definition) is 7. The van der Waals surface area contributed by atoms with E-state index in [4.69, 9.17) is 5.73 Å². The molecular weight excluding hydrogens is 294 g/mol. The first-order valence-corrected chi connectivity index (χ1v) is 6.76. The molecule has 3 heterocycles. The van der Waals surface area contributed by atoms with Crippen molar-refractivity contribution in [2.45, 2.75) is 6.54 Å². The summed E-state index contributed by atoms with van der Waals surface area (Å²) in [6.45, 7) is 0.194. The fourth-order valence-corrected chi connectivity index (χ4v) is 2.70. The fourth-order valence-electron chi connectivity index (χ4n) is 1.91. The van der Waals surface area contributed by atoms with Crippen LogP contribution in [0.15, 0.2) is 34.7 Å². The van der Waals surface area contributed by atoms with Crippen molar-refractivity contribution in [2.24, 2.45) is 0 Å². The molecule has 0 aliphatic heterocycles. The van der Waals surface area contributed by atoms with Gasteiger partial charge in [-0.1, -0.05) is 0 Å². The average molecular weight is 303 g/mol. The van der Waals surface area contributed by atoms with Crippen LogP contribution < -0.4 is 11.2 Å². The summed E-state index contributed by atoms with van der Waals surface area (Å²) < 4.78 is 1.48. The lowest BCUT2D eigenvalue weighted by Crippen LogP contribution is -2.12. The molecule has 106 valence electrons. The van der Waals surface area contributed by atoms with Crippen LogP contribution in [0.2, 0.25) is 0 Å². The van der Waals surface area contributed by atoms with Gasteiger partial charge in [-0.15, -0.1) is 11.3 Å². The van der Waals surface area contributed by atoms with Crippen LogP contribution in [0, 0.1) is 10.1 Å². The van der Waals surface area contributed by atoms with Crippen LogP contribution in [0.3, 0.4) is 0 Å². The Labute approximate surface area is 121 Å². The molecule has 0 radical (unpaired) electrons. The van der Waals surface area contributed by atoms with Gasteiger partial charge in [-0.05, 0) is 11.4 Å². The Hall–Kier alpha value is -2.81. The van der Waals surface area contributed by atoms with Gasteiger partial charge in [-0.3, -0.25) is 14.9 Å². The van der Waals surface area contributed by atoms with Crippen molar-refractivity contribution in [3.63, 3.8) is 0 Å². The lowest BCUT2D eigenvalue weighted by molar-refractivity contribution is -0.386. The molecule has 0 atom stereocenters. The number of nitrogen functional groups attached to an aromatic ring is 1. The number of hydrogen-bond donors (Lipinski definition) is 1.